The smallest absolute Gasteiger partial charge is 0.272 e. The molecule has 1 amide bonds. The number of nitrogens with two attached hydrogens (primary N) is 1. The van der Waals surface area contributed by atoms with E-state index < -0.39 is 0 Å². The maximum atomic E-state index is 11.8. The number of anilines is 2. The number of carbonyl (C=O) groups excluding carboxylic acids is 1. The van der Waals surface area contributed by atoms with Crippen LogP contribution >= 0.6 is 23.2 Å². The second-order valence-electron chi connectivity index (χ2n) is 3.39. The Hall–Kier alpha value is -1.65. The molecular weight excluding hydrogens is 261 g/mol. The highest BCUT2D eigenvalue weighted by atomic mass is 35.5. The van der Waals surface area contributed by atoms with Crippen LogP contribution < -0.4 is 11.1 Å². The third kappa shape index (κ3) is 2.54. The SMILES string of the molecule is Nc1ccccc1NC(=O)c1cc(Cl)c(Cl)[nH]1. The van der Waals surface area contributed by atoms with Crippen molar-refractivity contribution in [3.05, 3.63) is 46.2 Å². The summed E-state index contributed by atoms with van der Waals surface area (Å²) in [6, 6.07) is 8.43. The average Bonchev–Trinajstić information content (AvgIpc) is 2.63. The van der Waals surface area contributed by atoms with E-state index in [4.69, 9.17) is 28.9 Å². The van der Waals surface area contributed by atoms with Crippen LogP contribution in [0.25, 0.3) is 0 Å². The summed E-state index contributed by atoms with van der Waals surface area (Å²) in [7, 11) is 0. The lowest BCUT2D eigenvalue weighted by atomic mass is 10.2. The Morgan fingerprint density at radius 3 is 2.59 bits per heavy atom. The van der Waals surface area contributed by atoms with Gasteiger partial charge in [0.15, 0.2) is 0 Å². The summed E-state index contributed by atoms with van der Waals surface area (Å²) in [5, 5.41) is 3.19. The van der Waals surface area contributed by atoms with Crippen LogP contribution in [-0.2, 0) is 0 Å². The van der Waals surface area contributed by atoms with Crippen molar-refractivity contribution in [2.75, 3.05) is 11.1 Å². The van der Waals surface area contributed by atoms with Gasteiger partial charge in [0.2, 0.25) is 0 Å². The number of rotatable bonds is 2. The molecule has 2 aromatic rings. The van der Waals surface area contributed by atoms with Gasteiger partial charge in [0.05, 0.1) is 16.4 Å². The minimum Gasteiger partial charge on any atom is -0.397 e. The molecular formula is C11H9Cl2N3O. The lowest BCUT2D eigenvalue weighted by Crippen LogP contribution is -2.13. The zero-order chi connectivity index (χ0) is 12.4. The van der Waals surface area contributed by atoms with Crippen molar-refractivity contribution in [2.24, 2.45) is 0 Å². The minimum absolute atomic E-state index is 0.234. The van der Waals surface area contributed by atoms with Crippen molar-refractivity contribution in [1.82, 2.24) is 4.98 Å². The summed E-state index contributed by atoms with van der Waals surface area (Å²) < 4.78 is 0. The van der Waals surface area contributed by atoms with E-state index in [0.717, 1.165) is 0 Å². The Labute approximate surface area is 108 Å². The number of aromatic nitrogens is 1. The normalized spacial score (nSPS) is 10.2. The molecule has 0 saturated carbocycles. The molecule has 17 heavy (non-hydrogen) atoms. The number of hydrogen-bond acceptors (Lipinski definition) is 2. The number of carbonyl (C=O) groups is 1. The van der Waals surface area contributed by atoms with Crippen molar-refractivity contribution in [1.29, 1.82) is 0 Å². The molecule has 2 rings (SSSR count). The maximum Gasteiger partial charge on any atom is 0.272 e. The first-order valence-corrected chi connectivity index (χ1v) is 5.53. The molecule has 0 spiro atoms. The average molecular weight is 270 g/mol. The third-order valence-electron chi connectivity index (χ3n) is 2.18. The number of H-pyrrole nitrogens is 1. The molecule has 0 aliphatic heterocycles. The predicted molar refractivity (Wildman–Crippen MR) is 69.6 cm³/mol. The highest BCUT2D eigenvalue weighted by Gasteiger charge is 2.12. The van der Waals surface area contributed by atoms with E-state index in [9.17, 15) is 4.79 Å². The van der Waals surface area contributed by atoms with Crippen LogP contribution in [0.4, 0.5) is 11.4 Å². The molecule has 0 atom stereocenters. The molecule has 1 aromatic carbocycles. The van der Waals surface area contributed by atoms with Crippen LogP contribution in [0.3, 0.4) is 0 Å². The van der Waals surface area contributed by atoms with E-state index in [1.165, 1.54) is 6.07 Å². The molecule has 0 saturated heterocycles. The highest BCUT2D eigenvalue weighted by Crippen LogP contribution is 2.23. The largest absolute Gasteiger partial charge is 0.397 e. The maximum absolute atomic E-state index is 11.8. The Balaban J connectivity index is 2.20. The Kier molecular flexibility index (Phi) is 3.26. The van der Waals surface area contributed by atoms with E-state index in [-0.39, 0.29) is 16.8 Å². The van der Waals surface area contributed by atoms with E-state index in [1.807, 2.05) is 0 Å². The van der Waals surface area contributed by atoms with E-state index in [0.29, 0.717) is 16.4 Å². The van der Waals surface area contributed by atoms with Gasteiger partial charge in [0, 0.05) is 0 Å². The molecule has 0 bridgehead atoms. The second-order valence-corrected chi connectivity index (χ2v) is 4.17. The van der Waals surface area contributed by atoms with Gasteiger partial charge in [0.1, 0.15) is 10.8 Å². The predicted octanol–water partition coefficient (Wildman–Crippen LogP) is 3.16. The monoisotopic (exact) mass is 269 g/mol. The summed E-state index contributed by atoms with van der Waals surface area (Å²) in [5.74, 6) is -0.350. The molecule has 0 aliphatic rings. The van der Waals surface area contributed by atoms with Gasteiger partial charge in [-0.2, -0.15) is 0 Å². The van der Waals surface area contributed by atoms with Crippen LogP contribution in [0.2, 0.25) is 10.2 Å². The van der Waals surface area contributed by atoms with Crippen LogP contribution in [0.5, 0.6) is 0 Å². The van der Waals surface area contributed by atoms with Crippen LogP contribution in [0, 0.1) is 0 Å². The van der Waals surface area contributed by atoms with Gasteiger partial charge in [-0.1, -0.05) is 35.3 Å². The summed E-state index contributed by atoms with van der Waals surface area (Å²) in [6.07, 6.45) is 0. The van der Waals surface area contributed by atoms with Crippen molar-refractivity contribution in [3.8, 4) is 0 Å². The summed E-state index contributed by atoms with van der Waals surface area (Å²) >= 11 is 11.5. The van der Waals surface area contributed by atoms with Crippen molar-refractivity contribution in [3.63, 3.8) is 0 Å². The number of aromatic amines is 1. The molecule has 6 heteroatoms. The fraction of sp³-hybridized carbons (Fsp3) is 0. The Morgan fingerprint density at radius 2 is 2.00 bits per heavy atom. The number of para-hydroxylation sites is 2. The van der Waals surface area contributed by atoms with Gasteiger partial charge in [-0.3, -0.25) is 4.79 Å². The first kappa shape index (κ1) is 11.8. The first-order chi connectivity index (χ1) is 8.08. The highest BCUT2D eigenvalue weighted by molar-refractivity contribution is 6.41. The molecule has 4 N–H and O–H groups in total. The summed E-state index contributed by atoms with van der Waals surface area (Å²) in [6.45, 7) is 0. The Morgan fingerprint density at radius 1 is 1.29 bits per heavy atom. The number of amides is 1. The topological polar surface area (TPSA) is 70.9 Å². The Bertz CT molecular complexity index is 546. The van der Waals surface area contributed by atoms with Crippen LogP contribution in [0.1, 0.15) is 10.5 Å². The first-order valence-electron chi connectivity index (χ1n) is 4.78. The standard InChI is InChI=1S/C11H9Cl2N3O/c12-6-5-9(15-10(6)13)11(17)16-8-4-2-1-3-7(8)14/h1-5,15H,14H2,(H,16,17). The van der Waals surface area contributed by atoms with Crippen LogP contribution in [0.15, 0.2) is 30.3 Å². The molecule has 4 nitrogen and oxygen atoms in total. The molecule has 1 heterocycles. The van der Waals surface area contributed by atoms with E-state index in [2.05, 4.69) is 10.3 Å². The quantitative estimate of drug-likeness (QED) is 0.733. The van der Waals surface area contributed by atoms with Gasteiger partial charge in [0.25, 0.3) is 5.91 Å². The van der Waals surface area contributed by atoms with E-state index in [1.54, 1.807) is 24.3 Å². The van der Waals surface area contributed by atoms with E-state index >= 15 is 0 Å². The van der Waals surface area contributed by atoms with Gasteiger partial charge in [-0.05, 0) is 18.2 Å². The molecule has 1 aromatic heterocycles. The summed E-state index contributed by atoms with van der Waals surface area (Å²) in [4.78, 5) is 14.5. The molecule has 88 valence electrons. The van der Waals surface area contributed by atoms with Gasteiger partial charge in [-0.15, -0.1) is 0 Å². The summed E-state index contributed by atoms with van der Waals surface area (Å²) in [5.41, 5.74) is 7.02. The molecule has 0 aliphatic carbocycles. The van der Waals surface area contributed by atoms with Crippen LogP contribution in [-0.4, -0.2) is 10.9 Å². The fourth-order valence-electron chi connectivity index (χ4n) is 1.33. The zero-order valence-electron chi connectivity index (χ0n) is 8.63. The fourth-order valence-corrected chi connectivity index (χ4v) is 1.64. The van der Waals surface area contributed by atoms with Crippen molar-refractivity contribution in [2.45, 2.75) is 0 Å². The van der Waals surface area contributed by atoms with Gasteiger partial charge in [-0.25, -0.2) is 0 Å². The number of hydrogen-bond donors (Lipinski definition) is 3. The lowest BCUT2D eigenvalue weighted by molar-refractivity contribution is 0.102. The lowest BCUT2D eigenvalue weighted by Gasteiger charge is -2.06. The van der Waals surface area contributed by atoms with Gasteiger partial charge < -0.3 is 16.0 Å². The van der Waals surface area contributed by atoms with Crippen molar-refractivity contribution >= 4 is 40.5 Å². The zero-order valence-corrected chi connectivity index (χ0v) is 10.1. The van der Waals surface area contributed by atoms with Gasteiger partial charge >= 0.3 is 0 Å². The molecule has 0 unspecified atom stereocenters. The molecule has 0 radical (unpaired) electrons. The number of nitrogens with one attached hydrogen (secondary N) is 2. The number of halogens is 2. The third-order valence-corrected chi connectivity index (χ3v) is 2.87. The second kappa shape index (κ2) is 4.69. The minimum atomic E-state index is -0.350. The number of nitrogen functional groups attached to an aromatic ring is 1. The van der Waals surface area contributed by atoms with Crippen molar-refractivity contribution < 1.29 is 4.79 Å². The number of benzene rings is 1. The molecule has 0 fully saturated rings.